The highest BCUT2D eigenvalue weighted by atomic mass is 32.2. The van der Waals surface area contributed by atoms with E-state index in [0.29, 0.717) is 5.69 Å². The van der Waals surface area contributed by atoms with Crippen LogP contribution in [0.5, 0.6) is 0 Å². The van der Waals surface area contributed by atoms with Gasteiger partial charge in [0.05, 0.1) is 6.07 Å². The molecule has 0 aliphatic carbocycles. The van der Waals surface area contributed by atoms with Crippen molar-refractivity contribution in [2.45, 2.75) is 19.1 Å². The van der Waals surface area contributed by atoms with Crippen LogP contribution < -0.4 is 4.72 Å². The van der Waals surface area contributed by atoms with Crippen LogP contribution in [0.25, 0.3) is 0 Å². The first-order valence-electron chi connectivity index (χ1n) is 4.30. The molecule has 0 aliphatic heterocycles. The predicted octanol–water partition coefficient (Wildman–Crippen LogP) is 1.04. The summed E-state index contributed by atoms with van der Waals surface area (Å²) in [5, 5.41) is 7.42. The van der Waals surface area contributed by atoms with Crippen molar-refractivity contribution in [3.05, 3.63) is 23.9 Å². The van der Waals surface area contributed by atoms with Gasteiger partial charge in [0.1, 0.15) is 5.82 Å². The van der Waals surface area contributed by atoms with Crippen LogP contribution in [0.15, 0.2) is 18.2 Å². The molecule has 0 saturated heterocycles. The average Bonchev–Trinajstić information content (AvgIpc) is 2.15. The number of sulfonamides is 1. The number of pyridine rings is 1. The summed E-state index contributed by atoms with van der Waals surface area (Å²) in [6.45, 7) is 3.07. The van der Waals surface area contributed by atoms with Gasteiger partial charge in [-0.1, -0.05) is 6.07 Å². The van der Waals surface area contributed by atoms with Gasteiger partial charge in [0.25, 0.3) is 0 Å². The fourth-order valence-corrected chi connectivity index (χ4v) is 1.62. The second-order valence-corrected chi connectivity index (χ2v) is 5.08. The summed E-state index contributed by atoms with van der Waals surface area (Å²) in [5.74, 6) is 0.233. The van der Waals surface area contributed by atoms with E-state index in [4.69, 9.17) is 5.26 Å². The molecule has 1 heterocycles. The van der Waals surface area contributed by atoms with Gasteiger partial charge >= 0.3 is 0 Å². The molecular weight excluding hydrogens is 214 g/mol. The topological polar surface area (TPSA) is 82.9 Å². The molecule has 6 heteroatoms. The number of rotatable bonds is 3. The SMILES string of the molecule is Cc1cccc(NS(=O)(=O)C(C)C#N)n1. The van der Waals surface area contributed by atoms with Gasteiger partial charge in [0, 0.05) is 5.69 Å². The van der Waals surface area contributed by atoms with Crippen LogP contribution in [0.3, 0.4) is 0 Å². The Kier molecular flexibility index (Phi) is 3.27. The normalized spacial score (nSPS) is 12.9. The number of hydrogen-bond acceptors (Lipinski definition) is 4. The van der Waals surface area contributed by atoms with E-state index in [2.05, 4.69) is 9.71 Å². The monoisotopic (exact) mass is 225 g/mol. The van der Waals surface area contributed by atoms with Gasteiger partial charge < -0.3 is 0 Å². The fraction of sp³-hybridized carbons (Fsp3) is 0.333. The Balaban J connectivity index is 2.93. The van der Waals surface area contributed by atoms with Crippen LogP contribution in [0.4, 0.5) is 5.82 Å². The van der Waals surface area contributed by atoms with E-state index >= 15 is 0 Å². The summed E-state index contributed by atoms with van der Waals surface area (Å²) in [5.41, 5.74) is 0.708. The second kappa shape index (κ2) is 4.28. The van der Waals surface area contributed by atoms with Gasteiger partial charge in [0.15, 0.2) is 5.25 Å². The molecule has 5 nitrogen and oxygen atoms in total. The van der Waals surface area contributed by atoms with Gasteiger partial charge in [-0.3, -0.25) is 4.72 Å². The quantitative estimate of drug-likeness (QED) is 0.833. The molecule has 0 aliphatic rings. The third kappa shape index (κ3) is 2.92. The minimum Gasteiger partial charge on any atom is -0.266 e. The molecule has 0 radical (unpaired) electrons. The third-order valence-electron chi connectivity index (χ3n) is 1.78. The lowest BCUT2D eigenvalue weighted by Gasteiger charge is -2.08. The molecule has 0 fully saturated rings. The Morgan fingerprint density at radius 2 is 2.20 bits per heavy atom. The van der Waals surface area contributed by atoms with E-state index in [0.717, 1.165) is 0 Å². The molecule has 0 aromatic carbocycles. The second-order valence-electron chi connectivity index (χ2n) is 3.08. The molecule has 15 heavy (non-hydrogen) atoms. The van der Waals surface area contributed by atoms with Crippen molar-refractivity contribution < 1.29 is 8.42 Å². The molecule has 80 valence electrons. The van der Waals surface area contributed by atoms with Crippen molar-refractivity contribution in [2.24, 2.45) is 0 Å². The minimum absolute atomic E-state index is 0.233. The largest absolute Gasteiger partial charge is 0.266 e. The number of aromatic nitrogens is 1. The van der Waals surface area contributed by atoms with E-state index < -0.39 is 15.3 Å². The van der Waals surface area contributed by atoms with Crippen molar-refractivity contribution in [1.82, 2.24) is 4.98 Å². The van der Waals surface area contributed by atoms with Gasteiger partial charge in [-0.2, -0.15) is 5.26 Å². The Morgan fingerprint density at radius 1 is 1.53 bits per heavy atom. The summed E-state index contributed by atoms with van der Waals surface area (Å²) in [6.07, 6.45) is 0. The summed E-state index contributed by atoms with van der Waals surface area (Å²) in [4.78, 5) is 3.98. The lowest BCUT2D eigenvalue weighted by Crippen LogP contribution is -2.24. The minimum atomic E-state index is -3.65. The molecule has 1 aromatic rings. The maximum Gasteiger partial charge on any atom is 0.250 e. The molecular formula is C9H11N3O2S. The number of anilines is 1. The molecule has 0 bridgehead atoms. The number of nitrogens with zero attached hydrogens (tertiary/aromatic N) is 2. The summed E-state index contributed by atoms with van der Waals surface area (Å²) in [6, 6.07) is 6.65. The molecule has 0 spiro atoms. The first-order valence-corrected chi connectivity index (χ1v) is 5.85. The van der Waals surface area contributed by atoms with Crippen LogP contribution in [-0.4, -0.2) is 18.7 Å². The van der Waals surface area contributed by atoms with Gasteiger partial charge in [-0.05, 0) is 26.0 Å². The summed E-state index contributed by atoms with van der Waals surface area (Å²) in [7, 11) is -3.65. The van der Waals surface area contributed by atoms with Crippen LogP contribution in [-0.2, 0) is 10.0 Å². The van der Waals surface area contributed by atoms with Crippen LogP contribution in [0.1, 0.15) is 12.6 Å². The molecule has 1 N–H and O–H groups in total. The van der Waals surface area contributed by atoms with E-state index in [1.807, 2.05) is 0 Å². The van der Waals surface area contributed by atoms with Gasteiger partial charge in [-0.15, -0.1) is 0 Å². The number of hydrogen-bond donors (Lipinski definition) is 1. The van der Waals surface area contributed by atoms with E-state index in [1.54, 1.807) is 25.1 Å². The maximum absolute atomic E-state index is 11.5. The number of aryl methyl sites for hydroxylation is 1. The molecule has 1 unspecified atom stereocenters. The standard InChI is InChI=1S/C9H11N3O2S/c1-7-4-3-5-9(11-7)12-15(13,14)8(2)6-10/h3-5,8H,1-2H3,(H,11,12). The first kappa shape index (κ1) is 11.5. The molecule has 1 rings (SSSR count). The molecule has 0 amide bonds. The molecule has 1 aromatic heterocycles. The van der Waals surface area contributed by atoms with Crippen LogP contribution >= 0.6 is 0 Å². The zero-order chi connectivity index (χ0) is 11.5. The van der Waals surface area contributed by atoms with Crippen molar-refractivity contribution in [1.29, 1.82) is 5.26 Å². The predicted molar refractivity (Wildman–Crippen MR) is 56.6 cm³/mol. The van der Waals surface area contributed by atoms with Gasteiger partial charge in [-0.25, -0.2) is 13.4 Å². The highest BCUT2D eigenvalue weighted by molar-refractivity contribution is 7.93. The zero-order valence-electron chi connectivity index (χ0n) is 8.43. The Morgan fingerprint density at radius 3 is 2.73 bits per heavy atom. The van der Waals surface area contributed by atoms with Crippen molar-refractivity contribution in [3.63, 3.8) is 0 Å². The highest BCUT2D eigenvalue weighted by Gasteiger charge is 2.20. The first-order chi connectivity index (χ1) is 6.95. The van der Waals surface area contributed by atoms with Crippen molar-refractivity contribution >= 4 is 15.8 Å². The smallest absolute Gasteiger partial charge is 0.250 e. The summed E-state index contributed by atoms with van der Waals surface area (Å²) < 4.78 is 25.2. The molecule has 1 atom stereocenters. The van der Waals surface area contributed by atoms with Crippen LogP contribution in [0, 0.1) is 18.3 Å². The Labute approximate surface area is 88.8 Å². The Bertz CT molecular complexity index is 490. The van der Waals surface area contributed by atoms with Gasteiger partial charge in [0.2, 0.25) is 10.0 Å². The maximum atomic E-state index is 11.5. The van der Waals surface area contributed by atoms with E-state index in [9.17, 15) is 8.42 Å². The van der Waals surface area contributed by atoms with E-state index in [-0.39, 0.29) is 5.82 Å². The fourth-order valence-electron chi connectivity index (χ4n) is 0.903. The van der Waals surface area contributed by atoms with Crippen molar-refractivity contribution in [2.75, 3.05) is 4.72 Å². The lowest BCUT2D eigenvalue weighted by molar-refractivity contribution is 0.597. The molecule has 0 saturated carbocycles. The lowest BCUT2D eigenvalue weighted by atomic mass is 10.4. The average molecular weight is 225 g/mol. The van der Waals surface area contributed by atoms with Crippen LogP contribution in [0.2, 0.25) is 0 Å². The van der Waals surface area contributed by atoms with E-state index in [1.165, 1.54) is 13.0 Å². The van der Waals surface area contributed by atoms with Crippen molar-refractivity contribution in [3.8, 4) is 6.07 Å². The highest BCUT2D eigenvalue weighted by Crippen LogP contribution is 2.09. The zero-order valence-corrected chi connectivity index (χ0v) is 9.25. The number of nitrogens with one attached hydrogen (secondary N) is 1. The number of nitriles is 1. The third-order valence-corrected chi connectivity index (χ3v) is 3.31. The Hall–Kier alpha value is -1.61. The summed E-state index contributed by atoms with van der Waals surface area (Å²) >= 11 is 0.